The summed E-state index contributed by atoms with van der Waals surface area (Å²) in [5.74, 6) is 0.830. The molecule has 0 N–H and O–H groups in total. The Bertz CT molecular complexity index is 136. The molecule has 10 heavy (non-hydrogen) atoms. The summed E-state index contributed by atoms with van der Waals surface area (Å²) in [6, 6.07) is 0. The molecule has 1 aliphatic carbocycles. The zero-order valence-corrected chi connectivity index (χ0v) is 7.67. The van der Waals surface area contributed by atoms with E-state index in [-0.39, 0.29) is 4.75 Å². The van der Waals surface area contributed by atoms with Crippen LogP contribution in [0.4, 0.5) is 0 Å². The van der Waals surface area contributed by atoms with Crippen LogP contribution < -0.4 is 0 Å². The van der Waals surface area contributed by atoms with Gasteiger partial charge in [0, 0.05) is 21.3 Å². The second-order valence-electron chi connectivity index (χ2n) is 3.29. The molecule has 0 bridgehead atoms. The lowest BCUT2D eigenvalue weighted by Crippen LogP contribution is -2.27. The molecule has 0 radical (unpaired) electrons. The molecule has 60 valence electrons. The number of hydrogen-bond donors (Lipinski definition) is 0. The summed E-state index contributed by atoms with van der Waals surface area (Å²) < 4.78 is 11.6. The van der Waals surface area contributed by atoms with Crippen molar-refractivity contribution in [3.63, 3.8) is 0 Å². The first-order valence-electron chi connectivity index (χ1n) is 4.07. The zero-order valence-electron chi connectivity index (χ0n) is 6.85. The van der Waals surface area contributed by atoms with E-state index in [0.29, 0.717) is 0 Å². The van der Waals surface area contributed by atoms with Crippen molar-refractivity contribution in [2.45, 2.75) is 44.3 Å². The van der Waals surface area contributed by atoms with Gasteiger partial charge in [-0.25, -0.2) is 0 Å². The van der Waals surface area contributed by atoms with E-state index >= 15 is 0 Å². The lowest BCUT2D eigenvalue weighted by molar-refractivity contribution is 0.606. The van der Waals surface area contributed by atoms with Gasteiger partial charge in [0.1, 0.15) is 0 Å². The second-order valence-corrected chi connectivity index (χ2v) is 5.55. The second kappa shape index (κ2) is 3.04. The highest BCUT2D eigenvalue weighted by atomic mass is 32.2. The molecule has 0 spiro atoms. The van der Waals surface area contributed by atoms with E-state index in [4.69, 9.17) is 0 Å². The van der Waals surface area contributed by atoms with Gasteiger partial charge in [-0.15, -0.1) is 0 Å². The Labute approximate surface area is 65.7 Å². The van der Waals surface area contributed by atoms with E-state index < -0.39 is 10.8 Å². The first-order chi connectivity index (χ1) is 4.69. The van der Waals surface area contributed by atoms with Gasteiger partial charge in [-0.1, -0.05) is 19.8 Å². The summed E-state index contributed by atoms with van der Waals surface area (Å²) in [4.78, 5) is 0. The molecule has 1 unspecified atom stereocenters. The molecule has 1 rings (SSSR count). The van der Waals surface area contributed by atoms with Crippen LogP contribution in [-0.4, -0.2) is 14.7 Å². The van der Waals surface area contributed by atoms with Gasteiger partial charge in [0.05, 0.1) is 0 Å². The normalized spacial score (nSPS) is 26.6. The zero-order chi connectivity index (χ0) is 7.61. The smallest absolute Gasteiger partial charge is 0.0431 e. The highest BCUT2D eigenvalue weighted by molar-refractivity contribution is 7.86. The summed E-state index contributed by atoms with van der Waals surface area (Å²) in [7, 11) is -0.568. The first-order valence-corrected chi connectivity index (χ1v) is 5.39. The van der Waals surface area contributed by atoms with E-state index in [1.54, 1.807) is 0 Å². The Morgan fingerprint density at radius 3 is 2.30 bits per heavy atom. The van der Waals surface area contributed by atoms with Crippen molar-refractivity contribution in [1.29, 1.82) is 0 Å². The molecule has 0 aromatic carbocycles. The summed E-state index contributed by atoms with van der Waals surface area (Å²) in [5.41, 5.74) is 0. The average Bonchev–Trinajstić information content (AvgIpc) is 2.36. The largest absolute Gasteiger partial charge is 0.259 e. The molecule has 0 saturated heterocycles. The van der Waals surface area contributed by atoms with Crippen LogP contribution in [0.3, 0.4) is 0 Å². The molecule has 1 aliphatic rings. The Morgan fingerprint density at radius 2 is 1.90 bits per heavy atom. The minimum absolute atomic E-state index is 0.175. The van der Waals surface area contributed by atoms with Crippen molar-refractivity contribution in [3.05, 3.63) is 0 Å². The molecular weight excluding hydrogens is 144 g/mol. The molecule has 1 nitrogen and oxygen atoms in total. The van der Waals surface area contributed by atoms with E-state index in [1.165, 1.54) is 25.7 Å². The highest BCUT2D eigenvalue weighted by Crippen LogP contribution is 2.34. The first kappa shape index (κ1) is 8.25. The summed E-state index contributed by atoms with van der Waals surface area (Å²) in [6.07, 6.45) is 4.91. The molecule has 0 aromatic heterocycles. The predicted octanol–water partition coefficient (Wildman–Crippen LogP) is 2.09. The fraction of sp³-hybridized carbons (Fsp3) is 1.00. The van der Waals surface area contributed by atoms with Crippen molar-refractivity contribution >= 4 is 10.8 Å². The van der Waals surface area contributed by atoms with Crippen molar-refractivity contribution in [2.75, 3.05) is 5.75 Å². The van der Waals surface area contributed by atoms with E-state index in [2.05, 4.69) is 6.92 Å². The third kappa shape index (κ3) is 1.42. The minimum Gasteiger partial charge on any atom is -0.259 e. The Morgan fingerprint density at radius 1 is 1.40 bits per heavy atom. The Kier molecular flexibility index (Phi) is 2.50. The quantitative estimate of drug-likeness (QED) is 0.604. The average molecular weight is 160 g/mol. The van der Waals surface area contributed by atoms with Crippen LogP contribution in [0.25, 0.3) is 0 Å². The lowest BCUT2D eigenvalue weighted by Gasteiger charge is -2.21. The summed E-state index contributed by atoms with van der Waals surface area (Å²) in [6.45, 7) is 4.18. The molecule has 0 aliphatic heterocycles. The van der Waals surface area contributed by atoms with Crippen LogP contribution >= 0.6 is 0 Å². The molecule has 2 heteroatoms. The Hall–Kier alpha value is 0.150. The van der Waals surface area contributed by atoms with Crippen molar-refractivity contribution < 1.29 is 4.21 Å². The molecular formula is C8H16OS. The predicted molar refractivity (Wildman–Crippen MR) is 45.6 cm³/mol. The molecule has 1 saturated carbocycles. The van der Waals surface area contributed by atoms with Crippen LogP contribution in [0, 0.1) is 0 Å². The molecule has 1 fully saturated rings. The van der Waals surface area contributed by atoms with Crippen LogP contribution in [0.5, 0.6) is 0 Å². The maximum absolute atomic E-state index is 11.4. The van der Waals surface area contributed by atoms with Gasteiger partial charge in [-0.2, -0.15) is 0 Å². The van der Waals surface area contributed by atoms with Gasteiger partial charge < -0.3 is 0 Å². The van der Waals surface area contributed by atoms with Gasteiger partial charge >= 0.3 is 0 Å². The Balaban J connectivity index is 2.58. The van der Waals surface area contributed by atoms with Gasteiger partial charge in [-0.3, -0.25) is 4.21 Å². The minimum atomic E-state index is -0.568. The monoisotopic (exact) mass is 160 g/mol. The van der Waals surface area contributed by atoms with Crippen LogP contribution in [-0.2, 0) is 10.8 Å². The number of rotatable bonds is 2. The van der Waals surface area contributed by atoms with Crippen LogP contribution in [0.1, 0.15) is 39.5 Å². The topological polar surface area (TPSA) is 17.1 Å². The maximum atomic E-state index is 11.4. The van der Waals surface area contributed by atoms with Crippen molar-refractivity contribution in [3.8, 4) is 0 Å². The number of hydrogen-bond acceptors (Lipinski definition) is 1. The van der Waals surface area contributed by atoms with E-state index in [0.717, 1.165) is 5.75 Å². The molecule has 0 amide bonds. The highest BCUT2D eigenvalue weighted by Gasteiger charge is 2.33. The fourth-order valence-electron chi connectivity index (χ4n) is 1.70. The third-order valence-corrected chi connectivity index (χ3v) is 4.50. The molecule has 1 atom stereocenters. The molecule has 0 heterocycles. The van der Waals surface area contributed by atoms with Crippen molar-refractivity contribution in [2.24, 2.45) is 0 Å². The van der Waals surface area contributed by atoms with E-state index in [9.17, 15) is 4.21 Å². The van der Waals surface area contributed by atoms with E-state index in [1.807, 2.05) is 6.92 Å². The lowest BCUT2D eigenvalue weighted by atomic mass is 10.1. The van der Waals surface area contributed by atoms with Gasteiger partial charge in [0.15, 0.2) is 0 Å². The van der Waals surface area contributed by atoms with Crippen LogP contribution in [0.2, 0.25) is 0 Å². The van der Waals surface area contributed by atoms with Crippen LogP contribution in [0.15, 0.2) is 0 Å². The summed E-state index contributed by atoms with van der Waals surface area (Å²) >= 11 is 0. The molecule has 0 aromatic rings. The fourth-order valence-corrected chi connectivity index (χ4v) is 3.14. The van der Waals surface area contributed by atoms with Gasteiger partial charge in [-0.05, 0) is 19.8 Å². The standard InChI is InChI=1S/C8H16OS/c1-3-10(9)8(2)6-4-5-7-8/h3-7H2,1-2H3. The van der Waals surface area contributed by atoms with Gasteiger partial charge in [0.25, 0.3) is 0 Å². The third-order valence-electron chi connectivity index (χ3n) is 2.47. The van der Waals surface area contributed by atoms with Crippen molar-refractivity contribution in [1.82, 2.24) is 0 Å². The maximum Gasteiger partial charge on any atom is 0.0431 e. The SMILES string of the molecule is CCS(=O)C1(C)CCCC1. The van der Waals surface area contributed by atoms with Gasteiger partial charge in [0.2, 0.25) is 0 Å². The summed E-state index contributed by atoms with van der Waals surface area (Å²) in [5, 5.41) is 0.